The van der Waals surface area contributed by atoms with Crippen LogP contribution in [0.2, 0.25) is 0 Å². The van der Waals surface area contributed by atoms with Gasteiger partial charge in [0, 0.05) is 10.9 Å². The van der Waals surface area contributed by atoms with Crippen molar-refractivity contribution in [2.45, 2.75) is 5.16 Å². The average molecular weight is 460 g/mol. The van der Waals surface area contributed by atoms with Crippen LogP contribution in [0.5, 0.6) is 5.75 Å². The Bertz CT molecular complexity index is 1230. The van der Waals surface area contributed by atoms with Crippen LogP contribution in [0.3, 0.4) is 0 Å². The molecule has 1 amide bonds. The summed E-state index contributed by atoms with van der Waals surface area (Å²) < 4.78 is 34.4. The number of amides is 1. The van der Waals surface area contributed by atoms with Gasteiger partial charge >= 0.3 is 0 Å². The number of ether oxygens (including phenoxy) is 1. The Balaban J connectivity index is 1.42. The van der Waals surface area contributed by atoms with Gasteiger partial charge in [0.05, 0.1) is 24.2 Å². The van der Waals surface area contributed by atoms with Crippen LogP contribution in [0, 0.1) is 11.6 Å². The van der Waals surface area contributed by atoms with Gasteiger partial charge < -0.3 is 10.1 Å². The number of para-hydroxylation sites is 2. The molecule has 7 nitrogen and oxygen atoms in total. The Hall–Kier alpha value is -3.31. The van der Waals surface area contributed by atoms with E-state index in [0.29, 0.717) is 10.9 Å². The number of nitrogens with zero attached hydrogens (tertiary/aromatic N) is 4. The molecule has 0 saturated heterocycles. The molecule has 0 atom stereocenters. The first-order chi connectivity index (χ1) is 15.0. The smallest absolute Gasteiger partial charge is 0.236 e. The van der Waals surface area contributed by atoms with Gasteiger partial charge in [0.15, 0.2) is 10.3 Å². The monoisotopic (exact) mass is 459 g/mol. The Morgan fingerprint density at radius 2 is 2.10 bits per heavy atom. The molecular weight excluding hydrogens is 444 g/mol. The number of carbonyl (C=O) groups is 1. The molecule has 2 heterocycles. The second-order valence-corrected chi connectivity index (χ2v) is 7.95. The van der Waals surface area contributed by atoms with Gasteiger partial charge in [-0.15, -0.1) is 21.5 Å². The highest BCUT2D eigenvalue weighted by Crippen LogP contribution is 2.29. The first-order valence-corrected chi connectivity index (χ1v) is 10.8. The molecule has 1 N–H and O–H groups in total. The predicted molar refractivity (Wildman–Crippen MR) is 115 cm³/mol. The molecule has 0 radical (unpaired) electrons. The molecule has 0 aliphatic carbocycles. The summed E-state index contributed by atoms with van der Waals surface area (Å²) in [6, 6.07) is 10.5. The van der Waals surface area contributed by atoms with Crippen LogP contribution < -0.4 is 10.1 Å². The van der Waals surface area contributed by atoms with Crippen molar-refractivity contribution in [1.29, 1.82) is 0 Å². The van der Waals surface area contributed by atoms with Crippen LogP contribution in [0.1, 0.15) is 0 Å². The average Bonchev–Trinajstić information content (AvgIpc) is 3.43. The molecule has 0 aliphatic heterocycles. The summed E-state index contributed by atoms with van der Waals surface area (Å²) >= 11 is 2.32. The van der Waals surface area contributed by atoms with E-state index in [4.69, 9.17) is 4.74 Å². The SMILES string of the molecule is COc1ccccc1-n1cnnc1SCC(=O)Nc1nc(-c2cc(F)ccc2F)cs1. The standard InChI is InChI=1S/C20H15F2N5O2S2/c1-29-17-5-3-2-4-16(17)27-11-23-26-20(27)31-10-18(28)25-19-24-15(9-30-19)13-8-12(21)6-7-14(13)22/h2-9,11H,10H2,1H3,(H,24,25,28). The molecule has 0 bridgehead atoms. The maximum Gasteiger partial charge on any atom is 0.236 e. The fraction of sp³-hybridized carbons (Fsp3) is 0.100. The molecular formula is C20H15F2N5O2S2. The summed E-state index contributed by atoms with van der Waals surface area (Å²) in [4.78, 5) is 16.5. The zero-order valence-corrected chi connectivity index (χ0v) is 17.7. The molecule has 4 aromatic rings. The first-order valence-electron chi connectivity index (χ1n) is 8.92. The number of thioether (sulfide) groups is 1. The van der Waals surface area contributed by atoms with Crippen molar-refractivity contribution in [3.05, 3.63) is 65.8 Å². The first kappa shape index (κ1) is 20.9. The third-order valence-corrected chi connectivity index (χ3v) is 5.85. The van der Waals surface area contributed by atoms with Gasteiger partial charge in [0.25, 0.3) is 0 Å². The third-order valence-electron chi connectivity index (χ3n) is 4.15. The van der Waals surface area contributed by atoms with Crippen LogP contribution in [0.25, 0.3) is 16.9 Å². The second kappa shape index (κ2) is 9.23. The van der Waals surface area contributed by atoms with E-state index in [1.807, 2.05) is 24.3 Å². The minimum Gasteiger partial charge on any atom is -0.495 e. The fourth-order valence-corrected chi connectivity index (χ4v) is 4.20. The van der Waals surface area contributed by atoms with E-state index < -0.39 is 11.6 Å². The van der Waals surface area contributed by atoms with Gasteiger partial charge in [-0.05, 0) is 30.3 Å². The summed E-state index contributed by atoms with van der Waals surface area (Å²) in [6.07, 6.45) is 1.54. The minimum absolute atomic E-state index is 0.0380. The molecule has 0 unspecified atom stereocenters. The van der Waals surface area contributed by atoms with Gasteiger partial charge in [-0.1, -0.05) is 23.9 Å². The van der Waals surface area contributed by atoms with E-state index in [1.165, 1.54) is 11.8 Å². The fourth-order valence-electron chi connectivity index (χ4n) is 2.75. The molecule has 31 heavy (non-hydrogen) atoms. The highest BCUT2D eigenvalue weighted by molar-refractivity contribution is 7.99. The second-order valence-electron chi connectivity index (χ2n) is 6.15. The highest BCUT2D eigenvalue weighted by atomic mass is 32.2. The predicted octanol–water partition coefficient (Wildman–Crippen LogP) is 4.41. The normalized spacial score (nSPS) is 10.8. The van der Waals surface area contributed by atoms with Crippen molar-refractivity contribution in [1.82, 2.24) is 19.7 Å². The van der Waals surface area contributed by atoms with Crippen molar-refractivity contribution in [3.63, 3.8) is 0 Å². The molecule has 0 saturated carbocycles. The quantitative estimate of drug-likeness (QED) is 0.413. The van der Waals surface area contributed by atoms with Gasteiger partial charge in [0.1, 0.15) is 23.7 Å². The van der Waals surface area contributed by atoms with Crippen molar-refractivity contribution < 1.29 is 18.3 Å². The lowest BCUT2D eigenvalue weighted by Crippen LogP contribution is -2.14. The molecule has 2 aromatic heterocycles. The lowest BCUT2D eigenvalue weighted by Gasteiger charge is -2.10. The number of hydrogen-bond acceptors (Lipinski definition) is 7. The molecule has 158 valence electrons. The van der Waals surface area contributed by atoms with Crippen molar-refractivity contribution >= 4 is 34.1 Å². The number of hydrogen-bond donors (Lipinski definition) is 1. The van der Waals surface area contributed by atoms with Crippen LogP contribution in [0.4, 0.5) is 13.9 Å². The van der Waals surface area contributed by atoms with E-state index in [-0.39, 0.29) is 28.0 Å². The molecule has 0 aliphatic rings. The Kier molecular flexibility index (Phi) is 6.23. The van der Waals surface area contributed by atoms with Gasteiger partial charge in [-0.2, -0.15) is 0 Å². The lowest BCUT2D eigenvalue weighted by molar-refractivity contribution is -0.113. The number of methoxy groups -OCH3 is 1. The van der Waals surface area contributed by atoms with Crippen molar-refractivity contribution in [2.24, 2.45) is 0 Å². The number of thiazole rings is 1. The summed E-state index contributed by atoms with van der Waals surface area (Å²) in [5.74, 6) is -0.771. The van der Waals surface area contributed by atoms with E-state index in [1.54, 1.807) is 23.4 Å². The van der Waals surface area contributed by atoms with Crippen LogP contribution in [-0.4, -0.2) is 38.5 Å². The zero-order chi connectivity index (χ0) is 21.8. The topological polar surface area (TPSA) is 81.9 Å². The number of anilines is 1. The minimum atomic E-state index is -0.587. The number of carbonyl (C=O) groups excluding carboxylic acids is 1. The summed E-state index contributed by atoms with van der Waals surface area (Å²) in [6.45, 7) is 0. The van der Waals surface area contributed by atoms with Crippen LogP contribution in [0.15, 0.2) is 59.3 Å². The highest BCUT2D eigenvalue weighted by Gasteiger charge is 2.15. The van der Waals surface area contributed by atoms with E-state index >= 15 is 0 Å². The summed E-state index contributed by atoms with van der Waals surface area (Å²) in [7, 11) is 1.57. The summed E-state index contributed by atoms with van der Waals surface area (Å²) in [5.41, 5.74) is 1.04. The van der Waals surface area contributed by atoms with Crippen LogP contribution in [-0.2, 0) is 4.79 Å². The van der Waals surface area contributed by atoms with Crippen molar-refractivity contribution in [3.8, 4) is 22.7 Å². The molecule has 4 rings (SSSR count). The largest absolute Gasteiger partial charge is 0.495 e. The molecule has 2 aromatic carbocycles. The lowest BCUT2D eigenvalue weighted by atomic mass is 10.1. The number of benzene rings is 2. The van der Waals surface area contributed by atoms with E-state index in [2.05, 4.69) is 20.5 Å². The summed E-state index contributed by atoms with van der Waals surface area (Å²) in [5, 5.41) is 13.0. The molecule has 11 heteroatoms. The van der Waals surface area contributed by atoms with E-state index in [0.717, 1.165) is 35.2 Å². The Morgan fingerprint density at radius 1 is 1.26 bits per heavy atom. The number of halogens is 2. The number of rotatable bonds is 7. The van der Waals surface area contributed by atoms with Crippen molar-refractivity contribution in [2.75, 3.05) is 18.2 Å². The zero-order valence-electron chi connectivity index (χ0n) is 16.1. The Morgan fingerprint density at radius 3 is 2.94 bits per heavy atom. The Labute approximate surface area is 184 Å². The maximum absolute atomic E-state index is 13.9. The number of nitrogens with one attached hydrogen (secondary N) is 1. The third kappa shape index (κ3) is 4.72. The number of aromatic nitrogens is 4. The van der Waals surface area contributed by atoms with Crippen LogP contribution >= 0.6 is 23.1 Å². The molecule has 0 spiro atoms. The van der Waals surface area contributed by atoms with Gasteiger partial charge in [0.2, 0.25) is 5.91 Å². The maximum atomic E-state index is 13.9. The van der Waals surface area contributed by atoms with E-state index in [9.17, 15) is 13.6 Å². The van der Waals surface area contributed by atoms with Gasteiger partial charge in [-0.3, -0.25) is 9.36 Å². The molecule has 0 fully saturated rings. The van der Waals surface area contributed by atoms with Gasteiger partial charge in [-0.25, -0.2) is 13.8 Å².